The van der Waals surface area contributed by atoms with Gasteiger partial charge in [-0.3, -0.25) is 4.79 Å². The largest absolute Gasteiger partial charge is 0.334 e. The second-order valence-electron chi connectivity index (χ2n) is 8.03. The van der Waals surface area contributed by atoms with Crippen LogP contribution in [0.3, 0.4) is 0 Å². The zero-order chi connectivity index (χ0) is 18.5. The molecule has 1 aliphatic heterocycles. The number of carbonyl (C=O) groups is 1. The van der Waals surface area contributed by atoms with Crippen LogP contribution in [0.2, 0.25) is 0 Å². The van der Waals surface area contributed by atoms with Crippen molar-refractivity contribution in [1.82, 2.24) is 19.7 Å². The molecule has 2 aromatic heterocycles. The minimum absolute atomic E-state index is 0.0992. The van der Waals surface area contributed by atoms with Gasteiger partial charge in [0.1, 0.15) is 0 Å². The number of fused-ring (bicyclic) bond motifs is 2. The van der Waals surface area contributed by atoms with Crippen molar-refractivity contribution in [2.75, 3.05) is 6.54 Å². The Bertz CT molecular complexity index is 1030. The monoisotopic (exact) mass is 360 g/mol. The zero-order valence-electron chi connectivity index (χ0n) is 15.9. The summed E-state index contributed by atoms with van der Waals surface area (Å²) in [7, 11) is 0. The van der Waals surface area contributed by atoms with Crippen LogP contribution in [0, 0.1) is 0 Å². The molecule has 0 bridgehead atoms. The topological polar surface area (TPSA) is 51.0 Å². The summed E-state index contributed by atoms with van der Waals surface area (Å²) in [6.07, 6.45) is 5.05. The Morgan fingerprint density at radius 2 is 1.96 bits per heavy atom. The van der Waals surface area contributed by atoms with Gasteiger partial charge in [0, 0.05) is 30.7 Å². The number of hydrogen-bond donors (Lipinski definition) is 0. The molecule has 5 nitrogen and oxygen atoms in total. The van der Waals surface area contributed by atoms with Crippen LogP contribution >= 0.6 is 0 Å². The molecule has 1 amide bonds. The normalized spacial score (nSPS) is 16.8. The molecule has 1 aromatic carbocycles. The van der Waals surface area contributed by atoms with Crippen LogP contribution in [0.15, 0.2) is 36.5 Å². The first-order chi connectivity index (χ1) is 13.1. The van der Waals surface area contributed by atoms with Crippen molar-refractivity contribution in [2.24, 2.45) is 0 Å². The van der Waals surface area contributed by atoms with E-state index in [1.54, 1.807) is 0 Å². The molecule has 0 radical (unpaired) electrons. The molecule has 0 saturated heterocycles. The lowest BCUT2D eigenvalue weighted by molar-refractivity contribution is 0.0736. The minimum atomic E-state index is 0.0992. The molecule has 1 fully saturated rings. The van der Waals surface area contributed by atoms with Gasteiger partial charge in [0.25, 0.3) is 5.91 Å². The maximum atomic E-state index is 13.5. The highest BCUT2D eigenvalue weighted by Crippen LogP contribution is 2.40. The summed E-state index contributed by atoms with van der Waals surface area (Å²) in [5.41, 5.74) is 5.25. The molecule has 0 unspecified atom stereocenters. The molecule has 2 aliphatic rings. The average Bonchev–Trinajstić information content (AvgIpc) is 3.45. The molecule has 0 N–H and O–H groups in total. The number of carbonyl (C=O) groups excluding carboxylic acids is 1. The van der Waals surface area contributed by atoms with E-state index >= 15 is 0 Å². The molecular formula is C22H24N4O. The fourth-order valence-electron chi connectivity index (χ4n) is 4.02. The van der Waals surface area contributed by atoms with E-state index in [9.17, 15) is 4.79 Å². The summed E-state index contributed by atoms with van der Waals surface area (Å²) < 4.78 is 1.93. The number of benzene rings is 1. The first-order valence-corrected chi connectivity index (χ1v) is 9.86. The number of rotatable bonds is 3. The second kappa shape index (κ2) is 6.19. The van der Waals surface area contributed by atoms with E-state index in [1.165, 1.54) is 24.0 Å². The highest BCUT2D eigenvalue weighted by atomic mass is 16.2. The van der Waals surface area contributed by atoms with Crippen molar-refractivity contribution in [1.29, 1.82) is 0 Å². The zero-order valence-corrected chi connectivity index (χ0v) is 15.9. The van der Waals surface area contributed by atoms with Gasteiger partial charge in [-0.15, -0.1) is 0 Å². The smallest absolute Gasteiger partial charge is 0.255 e. The van der Waals surface area contributed by atoms with E-state index in [0.29, 0.717) is 12.5 Å². The summed E-state index contributed by atoms with van der Waals surface area (Å²) in [6.45, 7) is 5.63. The van der Waals surface area contributed by atoms with Gasteiger partial charge in [0.15, 0.2) is 5.65 Å². The average molecular weight is 360 g/mol. The van der Waals surface area contributed by atoms with Gasteiger partial charge < -0.3 is 4.90 Å². The predicted octanol–water partition coefficient (Wildman–Crippen LogP) is 4.09. The van der Waals surface area contributed by atoms with Gasteiger partial charge in [-0.2, -0.15) is 5.10 Å². The van der Waals surface area contributed by atoms with Crippen LogP contribution in [0.25, 0.3) is 11.0 Å². The lowest BCUT2D eigenvalue weighted by Gasteiger charge is -2.29. The van der Waals surface area contributed by atoms with Gasteiger partial charge >= 0.3 is 0 Å². The molecule has 5 rings (SSSR count). The standard InChI is InChI=1S/C22H24N4O/c1-14(2)26-21-19(12-23-26)18(11-20(24-21)16-7-8-16)22(27)25-10-9-15-5-3-4-6-17(15)13-25/h3-6,11-12,14,16H,7-10,13H2,1-2H3. The Hall–Kier alpha value is -2.69. The van der Waals surface area contributed by atoms with Gasteiger partial charge in [-0.05, 0) is 50.3 Å². The van der Waals surface area contributed by atoms with E-state index in [0.717, 1.165) is 35.3 Å². The SMILES string of the molecule is CC(C)n1ncc2c(C(=O)N3CCc4ccccc4C3)cc(C3CC3)nc21. The quantitative estimate of drug-likeness (QED) is 0.707. The maximum Gasteiger partial charge on any atom is 0.255 e. The van der Waals surface area contributed by atoms with Crippen molar-refractivity contribution in [3.05, 3.63) is 58.9 Å². The van der Waals surface area contributed by atoms with Gasteiger partial charge in [-0.25, -0.2) is 9.67 Å². The molecule has 0 spiro atoms. The number of amides is 1. The highest BCUT2D eigenvalue weighted by Gasteiger charge is 2.30. The lowest BCUT2D eigenvalue weighted by atomic mass is 9.99. The number of pyridine rings is 1. The third kappa shape index (κ3) is 2.82. The maximum absolute atomic E-state index is 13.5. The third-order valence-electron chi connectivity index (χ3n) is 5.72. The molecule has 3 heterocycles. The third-order valence-corrected chi connectivity index (χ3v) is 5.72. The summed E-state index contributed by atoms with van der Waals surface area (Å²) in [6, 6.07) is 10.7. The van der Waals surface area contributed by atoms with Gasteiger partial charge in [0.2, 0.25) is 0 Å². The van der Waals surface area contributed by atoms with Crippen molar-refractivity contribution in [3.8, 4) is 0 Å². The Kier molecular flexibility index (Phi) is 3.78. The molecule has 5 heteroatoms. The Labute approximate surface area is 159 Å². The number of hydrogen-bond acceptors (Lipinski definition) is 3. The fourth-order valence-corrected chi connectivity index (χ4v) is 4.02. The first kappa shape index (κ1) is 16.5. The van der Waals surface area contributed by atoms with Crippen LogP contribution in [0.5, 0.6) is 0 Å². The van der Waals surface area contributed by atoms with Crippen LogP contribution in [-0.4, -0.2) is 32.1 Å². The van der Waals surface area contributed by atoms with Crippen molar-refractivity contribution < 1.29 is 4.79 Å². The van der Waals surface area contributed by atoms with Crippen LogP contribution in [0.4, 0.5) is 0 Å². The Morgan fingerprint density at radius 3 is 2.70 bits per heavy atom. The summed E-state index contributed by atoms with van der Waals surface area (Å²) >= 11 is 0. The van der Waals surface area contributed by atoms with Crippen LogP contribution in [0.1, 0.15) is 65.8 Å². The molecule has 1 saturated carbocycles. The fraction of sp³-hybridized carbons (Fsp3) is 0.409. The number of nitrogens with zero attached hydrogens (tertiary/aromatic N) is 4. The van der Waals surface area contributed by atoms with E-state index < -0.39 is 0 Å². The molecule has 1 aliphatic carbocycles. The predicted molar refractivity (Wildman–Crippen MR) is 105 cm³/mol. The van der Waals surface area contributed by atoms with Gasteiger partial charge in [0.05, 0.1) is 17.1 Å². The Balaban J connectivity index is 1.57. The highest BCUT2D eigenvalue weighted by molar-refractivity contribution is 6.05. The van der Waals surface area contributed by atoms with E-state index in [1.807, 2.05) is 21.8 Å². The van der Waals surface area contributed by atoms with E-state index in [4.69, 9.17) is 4.98 Å². The lowest BCUT2D eigenvalue weighted by Crippen LogP contribution is -2.36. The van der Waals surface area contributed by atoms with Gasteiger partial charge in [-0.1, -0.05) is 24.3 Å². The van der Waals surface area contributed by atoms with Crippen LogP contribution < -0.4 is 0 Å². The van der Waals surface area contributed by atoms with Crippen LogP contribution in [-0.2, 0) is 13.0 Å². The van der Waals surface area contributed by atoms with E-state index in [2.05, 4.69) is 43.2 Å². The van der Waals surface area contributed by atoms with Crippen molar-refractivity contribution >= 4 is 16.9 Å². The first-order valence-electron chi connectivity index (χ1n) is 9.86. The summed E-state index contributed by atoms with van der Waals surface area (Å²) in [5.74, 6) is 0.598. The Morgan fingerprint density at radius 1 is 1.19 bits per heavy atom. The molecule has 0 atom stereocenters. The number of aromatic nitrogens is 3. The van der Waals surface area contributed by atoms with Crippen molar-refractivity contribution in [2.45, 2.75) is 51.6 Å². The summed E-state index contributed by atoms with van der Waals surface area (Å²) in [4.78, 5) is 20.3. The summed E-state index contributed by atoms with van der Waals surface area (Å²) in [5, 5.41) is 5.40. The molecular weight excluding hydrogens is 336 g/mol. The van der Waals surface area contributed by atoms with Crippen molar-refractivity contribution in [3.63, 3.8) is 0 Å². The van der Waals surface area contributed by atoms with E-state index in [-0.39, 0.29) is 11.9 Å². The molecule has 27 heavy (non-hydrogen) atoms. The second-order valence-corrected chi connectivity index (χ2v) is 8.03. The molecule has 138 valence electrons. The molecule has 3 aromatic rings. The minimum Gasteiger partial charge on any atom is -0.334 e.